The Bertz CT molecular complexity index is 901. The fraction of sp³-hybridized carbons (Fsp3) is 0.211. The quantitative estimate of drug-likeness (QED) is 0.737. The average Bonchev–Trinajstić information content (AvgIpc) is 2.98. The van der Waals surface area contributed by atoms with Crippen LogP contribution in [0.1, 0.15) is 11.1 Å². The molecular formula is C19H17F3N2O2. The minimum atomic E-state index is -4.71. The van der Waals surface area contributed by atoms with Crippen LogP contribution in [-0.2, 0) is 17.8 Å². The van der Waals surface area contributed by atoms with Crippen LogP contribution in [0.5, 0.6) is 5.75 Å². The fourth-order valence-corrected chi connectivity index (χ4v) is 2.73. The standard InChI is InChI=1S/C19H17F3N2O2/c1-24(12-13-6-8-15(9-7-13)26-19(20,21)22)18(25)10-14-11-23-17-5-3-2-4-16(14)17/h2-9,11,23H,10,12H2,1H3. The molecule has 0 fully saturated rings. The van der Waals surface area contributed by atoms with E-state index in [-0.39, 0.29) is 18.1 Å². The van der Waals surface area contributed by atoms with E-state index < -0.39 is 6.36 Å². The highest BCUT2D eigenvalue weighted by Crippen LogP contribution is 2.23. The molecule has 1 N–H and O–H groups in total. The van der Waals surface area contributed by atoms with Gasteiger partial charge in [-0.1, -0.05) is 30.3 Å². The first-order chi connectivity index (χ1) is 12.3. The lowest BCUT2D eigenvalue weighted by Gasteiger charge is -2.17. The summed E-state index contributed by atoms with van der Waals surface area (Å²) in [4.78, 5) is 17.1. The van der Waals surface area contributed by atoms with Crippen molar-refractivity contribution in [3.8, 4) is 5.75 Å². The molecule has 0 atom stereocenters. The van der Waals surface area contributed by atoms with Gasteiger partial charge in [0.15, 0.2) is 0 Å². The highest BCUT2D eigenvalue weighted by Gasteiger charge is 2.30. The molecule has 3 aromatic rings. The number of fused-ring (bicyclic) bond motifs is 1. The van der Waals surface area contributed by atoms with Crippen LogP contribution < -0.4 is 4.74 Å². The molecule has 136 valence electrons. The van der Waals surface area contributed by atoms with Crippen molar-refractivity contribution in [1.29, 1.82) is 0 Å². The van der Waals surface area contributed by atoms with Gasteiger partial charge in [0.2, 0.25) is 5.91 Å². The van der Waals surface area contributed by atoms with E-state index in [9.17, 15) is 18.0 Å². The third kappa shape index (κ3) is 4.36. The number of likely N-dealkylation sites (N-methyl/N-ethyl adjacent to an activating group) is 1. The third-order valence-electron chi connectivity index (χ3n) is 4.02. The number of nitrogens with zero attached hydrogens (tertiary/aromatic N) is 1. The smallest absolute Gasteiger partial charge is 0.406 e. The number of benzene rings is 2. The molecule has 0 aliphatic heterocycles. The molecule has 7 heteroatoms. The highest BCUT2D eigenvalue weighted by molar-refractivity contribution is 5.88. The van der Waals surface area contributed by atoms with Gasteiger partial charge in [-0.3, -0.25) is 4.79 Å². The molecule has 1 amide bonds. The zero-order chi connectivity index (χ0) is 18.7. The second kappa shape index (κ2) is 7.11. The predicted molar refractivity (Wildman–Crippen MR) is 91.6 cm³/mol. The first-order valence-electron chi connectivity index (χ1n) is 7.95. The van der Waals surface area contributed by atoms with Gasteiger partial charge in [-0.05, 0) is 29.3 Å². The van der Waals surface area contributed by atoms with Gasteiger partial charge in [-0.2, -0.15) is 0 Å². The lowest BCUT2D eigenvalue weighted by atomic mass is 10.1. The van der Waals surface area contributed by atoms with Crippen LogP contribution in [0.2, 0.25) is 0 Å². The molecule has 1 heterocycles. The van der Waals surface area contributed by atoms with Crippen LogP contribution in [0, 0.1) is 0 Å². The molecule has 0 unspecified atom stereocenters. The number of nitrogens with one attached hydrogen (secondary N) is 1. The number of aromatic amines is 1. The first kappa shape index (κ1) is 17.8. The Labute approximate surface area is 148 Å². The Hall–Kier alpha value is -2.96. The lowest BCUT2D eigenvalue weighted by molar-refractivity contribution is -0.274. The van der Waals surface area contributed by atoms with Crippen LogP contribution in [0.25, 0.3) is 10.9 Å². The van der Waals surface area contributed by atoms with E-state index in [0.717, 1.165) is 16.5 Å². The van der Waals surface area contributed by atoms with E-state index in [1.807, 2.05) is 30.5 Å². The summed E-state index contributed by atoms with van der Waals surface area (Å²) in [5, 5.41) is 1.00. The van der Waals surface area contributed by atoms with Crippen LogP contribution in [0.15, 0.2) is 54.7 Å². The molecule has 0 bridgehead atoms. The molecule has 0 saturated carbocycles. The number of amides is 1. The minimum absolute atomic E-state index is 0.0784. The molecule has 3 rings (SSSR count). The SMILES string of the molecule is CN(Cc1ccc(OC(F)(F)F)cc1)C(=O)Cc1c[nH]c2ccccc12. The zero-order valence-electron chi connectivity index (χ0n) is 14.0. The number of ether oxygens (including phenoxy) is 1. The Morgan fingerprint density at radius 3 is 2.50 bits per heavy atom. The van der Waals surface area contributed by atoms with Crippen molar-refractivity contribution in [1.82, 2.24) is 9.88 Å². The number of hydrogen-bond acceptors (Lipinski definition) is 2. The summed E-state index contributed by atoms with van der Waals surface area (Å²) < 4.78 is 40.4. The molecular weight excluding hydrogens is 345 g/mol. The monoisotopic (exact) mass is 362 g/mol. The second-order valence-electron chi connectivity index (χ2n) is 5.98. The Kier molecular flexibility index (Phi) is 4.88. The number of alkyl halides is 3. The molecule has 0 saturated heterocycles. The summed E-state index contributed by atoms with van der Waals surface area (Å²) in [6.45, 7) is 0.299. The second-order valence-corrected chi connectivity index (χ2v) is 5.98. The van der Waals surface area contributed by atoms with Gasteiger partial charge < -0.3 is 14.6 Å². The Balaban J connectivity index is 1.62. The van der Waals surface area contributed by atoms with Crippen molar-refractivity contribution in [2.45, 2.75) is 19.3 Å². The molecule has 2 aromatic carbocycles. The summed E-state index contributed by atoms with van der Waals surface area (Å²) in [5.74, 6) is -0.362. The molecule has 0 spiro atoms. The predicted octanol–water partition coefficient (Wildman–Crippen LogP) is 4.27. The lowest BCUT2D eigenvalue weighted by Crippen LogP contribution is -2.27. The highest BCUT2D eigenvalue weighted by atomic mass is 19.4. The minimum Gasteiger partial charge on any atom is -0.406 e. The van der Waals surface area contributed by atoms with Gasteiger partial charge >= 0.3 is 6.36 Å². The number of halogens is 3. The first-order valence-corrected chi connectivity index (χ1v) is 7.95. The number of rotatable bonds is 5. The van der Waals surface area contributed by atoms with Gasteiger partial charge in [0.1, 0.15) is 5.75 Å². The molecule has 4 nitrogen and oxygen atoms in total. The number of carbonyl (C=O) groups excluding carboxylic acids is 1. The van der Waals surface area contributed by atoms with Gasteiger partial charge in [-0.25, -0.2) is 0 Å². The number of carbonyl (C=O) groups is 1. The van der Waals surface area contributed by atoms with Crippen LogP contribution in [0.4, 0.5) is 13.2 Å². The van der Waals surface area contributed by atoms with E-state index in [1.54, 1.807) is 11.9 Å². The number of para-hydroxylation sites is 1. The van der Waals surface area contributed by atoms with Crippen LogP contribution in [0.3, 0.4) is 0 Å². The molecule has 0 aliphatic rings. The largest absolute Gasteiger partial charge is 0.573 e. The van der Waals surface area contributed by atoms with E-state index in [1.165, 1.54) is 24.3 Å². The summed E-state index contributed by atoms with van der Waals surface area (Å²) in [6, 6.07) is 13.2. The molecule has 0 radical (unpaired) electrons. The van der Waals surface area contributed by atoms with E-state index in [0.29, 0.717) is 12.1 Å². The maximum atomic E-state index is 12.5. The van der Waals surface area contributed by atoms with Crippen molar-refractivity contribution in [2.75, 3.05) is 7.05 Å². The van der Waals surface area contributed by atoms with E-state index in [2.05, 4.69) is 9.72 Å². The Morgan fingerprint density at radius 1 is 1.12 bits per heavy atom. The van der Waals surface area contributed by atoms with Crippen molar-refractivity contribution in [3.63, 3.8) is 0 Å². The van der Waals surface area contributed by atoms with Crippen molar-refractivity contribution in [2.24, 2.45) is 0 Å². The number of H-pyrrole nitrogens is 1. The van der Waals surface area contributed by atoms with Gasteiger partial charge in [0.25, 0.3) is 0 Å². The number of aromatic nitrogens is 1. The molecule has 26 heavy (non-hydrogen) atoms. The maximum absolute atomic E-state index is 12.5. The summed E-state index contributed by atoms with van der Waals surface area (Å²) in [6.07, 6.45) is -2.65. The third-order valence-corrected chi connectivity index (χ3v) is 4.02. The van der Waals surface area contributed by atoms with E-state index in [4.69, 9.17) is 0 Å². The average molecular weight is 362 g/mol. The van der Waals surface area contributed by atoms with Crippen molar-refractivity contribution in [3.05, 3.63) is 65.9 Å². The van der Waals surface area contributed by atoms with Crippen molar-refractivity contribution < 1.29 is 22.7 Å². The fourth-order valence-electron chi connectivity index (χ4n) is 2.73. The summed E-state index contributed by atoms with van der Waals surface area (Å²) >= 11 is 0. The zero-order valence-corrected chi connectivity index (χ0v) is 14.0. The van der Waals surface area contributed by atoms with Crippen LogP contribution >= 0.6 is 0 Å². The van der Waals surface area contributed by atoms with Gasteiger partial charge in [0, 0.05) is 30.7 Å². The summed E-state index contributed by atoms with van der Waals surface area (Å²) in [5.41, 5.74) is 2.60. The molecule has 0 aliphatic carbocycles. The van der Waals surface area contributed by atoms with E-state index >= 15 is 0 Å². The van der Waals surface area contributed by atoms with Crippen molar-refractivity contribution >= 4 is 16.8 Å². The Morgan fingerprint density at radius 2 is 1.81 bits per heavy atom. The van der Waals surface area contributed by atoms with Gasteiger partial charge in [0.05, 0.1) is 6.42 Å². The van der Waals surface area contributed by atoms with Crippen LogP contribution in [-0.4, -0.2) is 29.2 Å². The maximum Gasteiger partial charge on any atom is 0.573 e. The number of hydrogen-bond donors (Lipinski definition) is 1. The summed E-state index contributed by atoms with van der Waals surface area (Å²) in [7, 11) is 1.66. The topological polar surface area (TPSA) is 45.3 Å². The van der Waals surface area contributed by atoms with Gasteiger partial charge in [-0.15, -0.1) is 13.2 Å². The normalized spacial score (nSPS) is 11.5. The molecule has 1 aromatic heterocycles.